The molecule has 0 saturated carbocycles. The van der Waals surface area contributed by atoms with Gasteiger partial charge in [-0.25, -0.2) is 9.97 Å². The zero-order valence-electron chi connectivity index (χ0n) is 12.5. The molecule has 0 unspecified atom stereocenters. The fourth-order valence-corrected chi connectivity index (χ4v) is 4.08. The van der Waals surface area contributed by atoms with Crippen LogP contribution in [-0.4, -0.2) is 36.3 Å². The Morgan fingerprint density at radius 1 is 1.09 bits per heavy atom. The van der Waals surface area contributed by atoms with Crippen molar-refractivity contribution >= 4 is 27.4 Å². The van der Waals surface area contributed by atoms with Crippen LogP contribution in [-0.2, 0) is 4.74 Å². The monoisotopic (exact) mass is 311 g/mol. The van der Waals surface area contributed by atoms with Gasteiger partial charge in [0.2, 0.25) is 0 Å². The topological polar surface area (TPSA) is 38.2 Å². The third-order valence-electron chi connectivity index (χ3n) is 4.05. The number of ether oxygens (including phenoxy) is 1. The van der Waals surface area contributed by atoms with E-state index in [-0.39, 0.29) is 0 Å². The quantitative estimate of drug-likeness (QED) is 0.726. The molecular formula is C17H17N3OS. The van der Waals surface area contributed by atoms with Crippen LogP contribution >= 0.6 is 11.3 Å². The summed E-state index contributed by atoms with van der Waals surface area (Å²) in [6.45, 7) is 5.49. The molecule has 0 atom stereocenters. The van der Waals surface area contributed by atoms with Gasteiger partial charge in [-0.1, -0.05) is 30.3 Å². The van der Waals surface area contributed by atoms with Gasteiger partial charge in [-0.05, 0) is 18.1 Å². The average molecular weight is 311 g/mol. The highest BCUT2D eigenvalue weighted by molar-refractivity contribution is 7.22. The van der Waals surface area contributed by atoms with Crippen LogP contribution < -0.4 is 4.90 Å². The minimum Gasteiger partial charge on any atom is -0.378 e. The van der Waals surface area contributed by atoms with Crippen molar-refractivity contribution in [2.75, 3.05) is 31.2 Å². The summed E-state index contributed by atoms with van der Waals surface area (Å²) in [5, 5.41) is 1.19. The maximum atomic E-state index is 5.46. The second kappa shape index (κ2) is 5.66. The lowest BCUT2D eigenvalue weighted by Crippen LogP contribution is -2.36. The molecule has 112 valence electrons. The highest BCUT2D eigenvalue weighted by atomic mass is 32.1. The molecule has 0 amide bonds. The van der Waals surface area contributed by atoms with Gasteiger partial charge in [0.1, 0.15) is 17.0 Å². The van der Waals surface area contributed by atoms with Gasteiger partial charge >= 0.3 is 0 Å². The molecule has 1 aliphatic rings. The van der Waals surface area contributed by atoms with Crippen LogP contribution in [0.2, 0.25) is 0 Å². The van der Waals surface area contributed by atoms with E-state index in [1.54, 1.807) is 17.7 Å². The Morgan fingerprint density at radius 2 is 1.86 bits per heavy atom. The van der Waals surface area contributed by atoms with Crippen LogP contribution in [0.25, 0.3) is 20.7 Å². The molecule has 0 aliphatic carbocycles. The fourth-order valence-electron chi connectivity index (χ4n) is 2.93. The number of fused-ring (bicyclic) bond motifs is 1. The largest absolute Gasteiger partial charge is 0.378 e. The van der Waals surface area contributed by atoms with E-state index in [9.17, 15) is 0 Å². The zero-order valence-corrected chi connectivity index (χ0v) is 13.3. The van der Waals surface area contributed by atoms with Crippen molar-refractivity contribution < 1.29 is 4.74 Å². The molecule has 0 N–H and O–H groups in total. The molecule has 0 spiro atoms. The molecular weight excluding hydrogens is 294 g/mol. The van der Waals surface area contributed by atoms with Crippen LogP contribution in [0.4, 0.5) is 5.82 Å². The van der Waals surface area contributed by atoms with Crippen LogP contribution in [0.1, 0.15) is 5.56 Å². The SMILES string of the molecule is Cc1c(-c2ccccc2)sc2ncnc(N3CCOCC3)c12. The van der Waals surface area contributed by atoms with Gasteiger partial charge in [-0.3, -0.25) is 0 Å². The van der Waals surface area contributed by atoms with Crippen molar-refractivity contribution in [2.45, 2.75) is 6.92 Å². The van der Waals surface area contributed by atoms with Crippen molar-refractivity contribution in [3.63, 3.8) is 0 Å². The van der Waals surface area contributed by atoms with E-state index in [0.29, 0.717) is 0 Å². The minimum atomic E-state index is 0.764. The van der Waals surface area contributed by atoms with E-state index in [0.717, 1.165) is 37.0 Å². The molecule has 5 heteroatoms. The lowest BCUT2D eigenvalue weighted by molar-refractivity contribution is 0.122. The molecule has 1 aromatic carbocycles. The summed E-state index contributed by atoms with van der Waals surface area (Å²) in [6.07, 6.45) is 1.68. The van der Waals surface area contributed by atoms with Crippen LogP contribution in [0.3, 0.4) is 0 Å². The van der Waals surface area contributed by atoms with Gasteiger partial charge in [-0.2, -0.15) is 0 Å². The van der Waals surface area contributed by atoms with Crippen molar-refractivity contribution in [3.8, 4) is 10.4 Å². The normalized spacial score (nSPS) is 15.4. The lowest BCUT2D eigenvalue weighted by Gasteiger charge is -2.28. The fraction of sp³-hybridized carbons (Fsp3) is 0.294. The van der Waals surface area contributed by atoms with Gasteiger partial charge in [0.15, 0.2) is 0 Å². The minimum absolute atomic E-state index is 0.764. The highest BCUT2D eigenvalue weighted by Crippen LogP contribution is 2.40. The Balaban J connectivity index is 1.88. The van der Waals surface area contributed by atoms with Crippen molar-refractivity contribution in [3.05, 3.63) is 42.2 Å². The number of nitrogens with zero attached hydrogens (tertiary/aromatic N) is 3. The first-order valence-electron chi connectivity index (χ1n) is 7.47. The Bertz CT molecular complexity index is 794. The smallest absolute Gasteiger partial charge is 0.141 e. The van der Waals surface area contributed by atoms with E-state index in [2.05, 4.69) is 46.1 Å². The first-order chi connectivity index (χ1) is 10.8. The Morgan fingerprint density at radius 3 is 2.64 bits per heavy atom. The van der Waals surface area contributed by atoms with Gasteiger partial charge in [0.05, 0.1) is 18.6 Å². The molecule has 4 nitrogen and oxygen atoms in total. The zero-order chi connectivity index (χ0) is 14.9. The summed E-state index contributed by atoms with van der Waals surface area (Å²) in [6, 6.07) is 10.5. The summed E-state index contributed by atoms with van der Waals surface area (Å²) in [5.41, 5.74) is 2.52. The maximum Gasteiger partial charge on any atom is 0.141 e. The van der Waals surface area contributed by atoms with Crippen LogP contribution in [0.15, 0.2) is 36.7 Å². The summed E-state index contributed by atoms with van der Waals surface area (Å²) >= 11 is 1.75. The number of benzene rings is 1. The standard InChI is InChI=1S/C17H17N3OS/c1-12-14-16(20-7-9-21-10-8-20)18-11-19-17(14)22-15(12)13-5-3-2-4-6-13/h2-6,11H,7-10H2,1H3. The Hall–Kier alpha value is -1.98. The van der Waals surface area contributed by atoms with E-state index in [4.69, 9.17) is 4.74 Å². The van der Waals surface area contributed by atoms with E-state index >= 15 is 0 Å². The van der Waals surface area contributed by atoms with Crippen molar-refractivity contribution in [1.82, 2.24) is 9.97 Å². The maximum absolute atomic E-state index is 5.46. The molecule has 1 fully saturated rings. The molecule has 0 radical (unpaired) electrons. The highest BCUT2D eigenvalue weighted by Gasteiger charge is 2.20. The molecule has 3 aromatic rings. The second-order valence-electron chi connectivity index (χ2n) is 5.40. The van der Waals surface area contributed by atoms with Crippen molar-refractivity contribution in [2.24, 2.45) is 0 Å². The van der Waals surface area contributed by atoms with Crippen molar-refractivity contribution in [1.29, 1.82) is 0 Å². The summed E-state index contributed by atoms with van der Waals surface area (Å²) in [7, 11) is 0. The van der Waals surface area contributed by atoms with Gasteiger partial charge < -0.3 is 9.64 Å². The van der Waals surface area contributed by atoms with Gasteiger partial charge in [0, 0.05) is 18.0 Å². The van der Waals surface area contributed by atoms with E-state index in [1.807, 2.05) is 6.07 Å². The number of aryl methyl sites for hydroxylation is 1. The number of thiophene rings is 1. The van der Waals surface area contributed by atoms with E-state index in [1.165, 1.54) is 21.4 Å². The number of rotatable bonds is 2. The second-order valence-corrected chi connectivity index (χ2v) is 6.40. The Labute approximate surface area is 133 Å². The molecule has 4 rings (SSSR count). The number of aromatic nitrogens is 2. The number of hydrogen-bond acceptors (Lipinski definition) is 5. The predicted molar refractivity (Wildman–Crippen MR) is 90.6 cm³/mol. The predicted octanol–water partition coefficient (Wildman–Crippen LogP) is 3.50. The van der Waals surface area contributed by atoms with Gasteiger partial charge in [0.25, 0.3) is 0 Å². The number of morpholine rings is 1. The average Bonchev–Trinajstić information content (AvgIpc) is 2.94. The summed E-state index contributed by atoms with van der Waals surface area (Å²) < 4.78 is 5.46. The first-order valence-corrected chi connectivity index (χ1v) is 8.28. The number of hydrogen-bond donors (Lipinski definition) is 0. The Kier molecular flexibility index (Phi) is 3.52. The molecule has 0 bridgehead atoms. The lowest BCUT2D eigenvalue weighted by atomic mass is 10.1. The molecule has 3 heterocycles. The third kappa shape index (κ3) is 2.26. The number of anilines is 1. The van der Waals surface area contributed by atoms with E-state index < -0.39 is 0 Å². The molecule has 2 aromatic heterocycles. The molecule has 1 saturated heterocycles. The summed E-state index contributed by atoms with van der Waals surface area (Å²) in [4.78, 5) is 13.7. The first kappa shape index (κ1) is 13.7. The summed E-state index contributed by atoms with van der Waals surface area (Å²) in [5.74, 6) is 1.05. The third-order valence-corrected chi connectivity index (χ3v) is 5.30. The van der Waals surface area contributed by atoms with Crippen LogP contribution in [0.5, 0.6) is 0 Å². The molecule has 22 heavy (non-hydrogen) atoms. The molecule has 1 aliphatic heterocycles. The van der Waals surface area contributed by atoms with Gasteiger partial charge in [-0.15, -0.1) is 11.3 Å². The van der Waals surface area contributed by atoms with Crippen LogP contribution in [0, 0.1) is 6.92 Å².